The summed E-state index contributed by atoms with van der Waals surface area (Å²) in [6.45, 7) is 1.16. The van der Waals surface area contributed by atoms with Crippen molar-refractivity contribution < 1.29 is 22.0 Å². The molecule has 0 aromatic heterocycles. The van der Waals surface area contributed by atoms with Crippen molar-refractivity contribution in [1.82, 2.24) is 14.5 Å². The topological polar surface area (TPSA) is 69.7 Å². The lowest BCUT2D eigenvalue weighted by molar-refractivity contribution is 0.161. The number of benzene rings is 2. The quantitative estimate of drug-likeness (QED) is 0.678. The molecule has 3 rings (SSSR count). The maximum absolute atomic E-state index is 15.5. The molecule has 174 valence electrons. The zero-order valence-electron chi connectivity index (χ0n) is 18.1. The molecule has 32 heavy (non-hydrogen) atoms. The molecule has 1 fully saturated rings. The molecule has 2 amide bonds. The van der Waals surface area contributed by atoms with Crippen LogP contribution < -0.4 is 4.72 Å². The largest absolute Gasteiger partial charge is 0.331 e. The van der Waals surface area contributed by atoms with E-state index in [2.05, 4.69) is 4.72 Å². The fraction of sp³-hybridized carbons (Fsp3) is 0.409. The molecule has 0 saturated carbocycles. The van der Waals surface area contributed by atoms with Crippen LogP contribution in [0.4, 0.5) is 13.6 Å². The Morgan fingerprint density at radius 3 is 2.56 bits per heavy atom. The molecule has 0 unspecified atom stereocenters. The minimum Gasteiger partial charge on any atom is -0.331 e. The van der Waals surface area contributed by atoms with Crippen molar-refractivity contribution in [3.63, 3.8) is 0 Å². The molecule has 0 radical (unpaired) electrons. The van der Waals surface area contributed by atoms with E-state index in [9.17, 15) is 17.6 Å². The number of hydrogen-bond donors (Lipinski definition) is 1. The second-order valence-corrected chi connectivity index (χ2v) is 10.4. The highest BCUT2D eigenvalue weighted by Crippen LogP contribution is 2.31. The van der Waals surface area contributed by atoms with Gasteiger partial charge in [0.05, 0.1) is 24.4 Å². The SMILES string of the molecule is CCS(=O)(=O)N[C@H]1[C@@H](F)CN(C(=O)N(C)C)[C@H]1Cc1cccc(-c2cccc(Cl)c2)c1F. The number of likely N-dealkylation sites (tertiary alicyclic amines) is 1. The first-order valence-corrected chi connectivity index (χ1v) is 12.2. The van der Waals surface area contributed by atoms with Gasteiger partial charge in [-0.2, -0.15) is 0 Å². The molecule has 1 aliphatic rings. The number of nitrogens with zero attached hydrogens (tertiary/aromatic N) is 2. The lowest BCUT2D eigenvalue weighted by atomic mass is 9.96. The van der Waals surface area contributed by atoms with Gasteiger partial charge in [-0.25, -0.2) is 26.7 Å². The molecule has 3 atom stereocenters. The van der Waals surface area contributed by atoms with E-state index in [1.54, 1.807) is 42.5 Å². The van der Waals surface area contributed by atoms with Crippen molar-refractivity contribution in [2.75, 3.05) is 26.4 Å². The number of carbonyl (C=O) groups is 1. The maximum atomic E-state index is 15.5. The number of alkyl halides is 1. The summed E-state index contributed by atoms with van der Waals surface area (Å²) < 4.78 is 57.1. The smallest absolute Gasteiger partial charge is 0.319 e. The molecule has 6 nitrogen and oxygen atoms in total. The van der Waals surface area contributed by atoms with Crippen molar-refractivity contribution in [3.8, 4) is 11.1 Å². The van der Waals surface area contributed by atoms with Crippen LogP contribution in [-0.2, 0) is 16.4 Å². The Hall–Kier alpha value is -2.23. The standard InChI is InChI=1S/C22H26ClF2N3O3S/c1-4-32(30,31)26-21-18(24)13-28(22(29)27(2)3)19(21)12-15-8-6-10-17(20(15)25)14-7-5-9-16(23)11-14/h5-11,18-19,21,26H,4,12-13H2,1-3H3/t18-,19-,21-/m0/s1. The van der Waals surface area contributed by atoms with Gasteiger partial charge in [-0.05, 0) is 36.6 Å². The van der Waals surface area contributed by atoms with Gasteiger partial charge in [-0.1, -0.05) is 41.9 Å². The van der Waals surface area contributed by atoms with Crippen LogP contribution in [-0.4, -0.2) is 68.9 Å². The predicted octanol–water partition coefficient (Wildman–Crippen LogP) is 3.70. The van der Waals surface area contributed by atoms with Gasteiger partial charge >= 0.3 is 6.03 Å². The normalized spacial score (nSPS) is 21.1. The average molecular weight is 486 g/mol. The summed E-state index contributed by atoms with van der Waals surface area (Å²) in [6.07, 6.45) is -1.68. The number of amides is 2. The Labute approximate surface area is 192 Å². The molecule has 1 N–H and O–H groups in total. The van der Waals surface area contributed by atoms with Gasteiger partial charge in [0.25, 0.3) is 0 Å². The highest BCUT2D eigenvalue weighted by molar-refractivity contribution is 7.89. The Bertz CT molecular complexity index is 1100. The zero-order valence-corrected chi connectivity index (χ0v) is 19.6. The molecule has 0 aliphatic carbocycles. The highest BCUT2D eigenvalue weighted by atomic mass is 35.5. The summed E-state index contributed by atoms with van der Waals surface area (Å²) >= 11 is 6.04. The van der Waals surface area contributed by atoms with Crippen LogP contribution in [0.15, 0.2) is 42.5 Å². The minimum absolute atomic E-state index is 0.0584. The zero-order chi connectivity index (χ0) is 23.6. The van der Waals surface area contributed by atoms with Gasteiger partial charge in [0.15, 0.2) is 0 Å². The molecule has 2 aromatic rings. The molecule has 0 spiro atoms. The Morgan fingerprint density at radius 1 is 1.25 bits per heavy atom. The molecule has 2 aromatic carbocycles. The third-order valence-corrected chi connectivity index (χ3v) is 7.17. The molecule has 1 heterocycles. The summed E-state index contributed by atoms with van der Waals surface area (Å²) in [5.41, 5.74) is 1.14. The van der Waals surface area contributed by atoms with Gasteiger partial charge in [0.1, 0.15) is 12.0 Å². The van der Waals surface area contributed by atoms with Crippen molar-refractivity contribution in [1.29, 1.82) is 0 Å². The number of halogens is 3. The van der Waals surface area contributed by atoms with E-state index in [-0.39, 0.29) is 24.3 Å². The second-order valence-electron chi connectivity index (χ2n) is 7.95. The fourth-order valence-electron chi connectivity index (χ4n) is 3.87. The van der Waals surface area contributed by atoms with E-state index in [4.69, 9.17) is 11.6 Å². The Balaban J connectivity index is 2.00. The van der Waals surface area contributed by atoms with Crippen molar-refractivity contribution >= 4 is 27.7 Å². The monoisotopic (exact) mass is 485 g/mol. The van der Waals surface area contributed by atoms with Crippen LogP contribution in [0.1, 0.15) is 12.5 Å². The van der Waals surface area contributed by atoms with E-state index in [1.165, 1.54) is 30.8 Å². The van der Waals surface area contributed by atoms with Crippen LogP contribution >= 0.6 is 11.6 Å². The molecule has 0 bridgehead atoms. The molecule has 10 heteroatoms. The number of rotatable bonds is 6. The summed E-state index contributed by atoms with van der Waals surface area (Å²) in [5.74, 6) is -0.755. The third-order valence-electron chi connectivity index (χ3n) is 5.54. The number of carbonyl (C=O) groups excluding carboxylic acids is 1. The van der Waals surface area contributed by atoms with Crippen molar-refractivity contribution in [3.05, 3.63) is 58.9 Å². The van der Waals surface area contributed by atoms with E-state index in [0.717, 1.165) is 0 Å². The van der Waals surface area contributed by atoms with Crippen LogP contribution in [0.25, 0.3) is 11.1 Å². The first kappa shape index (κ1) is 24.4. The predicted molar refractivity (Wildman–Crippen MR) is 121 cm³/mol. The summed E-state index contributed by atoms with van der Waals surface area (Å²) in [7, 11) is -0.698. The van der Waals surface area contributed by atoms with Gasteiger partial charge in [-0.3, -0.25) is 0 Å². The summed E-state index contributed by atoms with van der Waals surface area (Å²) in [6, 6.07) is 9.03. The maximum Gasteiger partial charge on any atom is 0.319 e. The lowest BCUT2D eigenvalue weighted by Crippen LogP contribution is -2.51. The van der Waals surface area contributed by atoms with Crippen LogP contribution in [0.5, 0.6) is 0 Å². The summed E-state index contributed by atoms with van der Waals surface area (Å²) in [4.78, 5) is 15.2. The van der Waals surface area contributed by atoms with Crippen molar-refractivity contribution in [2.45, 2.75) is 31.6 Å². The van der Waals surface area contributed by atoms with Crippen LogP contribution in [0, 0.1) is 5.82 Å². The number of hydrogen-bond acceptors (Lipinski definition) is 3. The van der Waals surface area contributed by atoms with Gasteiger partial charge in [0, 0.05) is 24.7 Å². The lowest BCUT2D eigenvalue weighted by Gasteiger charge is -2.30. The highest BCUT2D eigenvalue weighted by Gasteiger charge is 2.46. The number of sulfonamides is 1. The molecule has 1 saturated heterocycles. The second kappa shape index (κ2) is 9.72. The van der Waals surface area contributed by atoms with E-state index in [1.807, 2.05) is 0 Å². The Morgan fingerprint density at radius 2 is 1.94 bits per heavy atom. The van der Waals surface area contributed by atoms with Crippen molar-refractivity contribution in [2.24, 2.45) is 0 Å². The number of urea groups is 1. The van der Waals surface area contributed by atoms with Gasteiger partial charge in [0.2, 0.25) is 10.0 Å². The van der Waals surface area contributed by atoms with E-state index >= 15 is 4.39 Å². The summed E-state index contributed by atoms with van der Waals surface area (Å²) in [5, 5.41) is 0.458. The van der Waals surface area contributed by atoms with E-state index < -0.39 is 40.1 Å². The average Bonchev–Trinajstić information content (AvgIpc) is 3.03. The first-order chi connectivity index (χ1) is 15.0. The van der Waals surface area contributed by atoms with Gasteiger partial charge < -0.3 is 9.80 Å². The third kappa shape index (κ3) is 5.22. The van der Waals surface area contributed by atoms with Crippen LogP contribution in [0.3, 0.4) is 0 Å². The molecule has 1 aliphatic heterocycles. The molecular weight excluding hydrogens is 460 g/mol. The fourth-order valence-corrected chi connectivity index (χ4v) is 4.95. The minimum atomic E-state index is -3.75. The number of nitrogens with one attached hydrogen (secondary N) is 1. The van der Waals surface area contributed by atoms with Crippen LogP contribution in [0.2, 0.25) is 5.02 Å². The van der Waals surface area contributed by atoms with Gasteiger partial charge in [-0.15, -0.1) is 0 Å². The first-order valence-electron chi connectivity index (χ1n) is 10.2. The Kier molecular flexibility index (Phi) is 7.42. The molecular formula is C22H26ClF2N3O3S. The van der Waals surface area contributed by atoms with E-state index in [0.29, 0.717) is 16.1 Å².